The number of aliphatic hydroxyl groups is 1. The number of nitrogens with zero attached hydrogens (tertiary/aromatic N) is 1. The van der Waals surface area contributed by atoms with Crippen LogP contribution in [0.5, 0.6) is 11.5 Å². The van der Waals surface area contributed by atoms with Crippen molar-refractivity contribution >= 4 is 35.7 Å². The molecule has 0 unspecified atom stereocenters. The number of carboxylic acid groups (broad SMARTS) is 3. The molecule has 1 aromatic carbocycles. The van der Waals surface area contributed by atoms with Crippen LogP contribution in [0.2, 0.25) is 0 Å². The minimum Gasteiger partial charge on any atom is -0.481 e. The predicted octanol–water partition coefficient (Wildman–Crippen LogP) is 1.01. The number of carboxylic acids is 3. The number of hydrogen-bond donors (Lipinski definition) is 6. The number of piperidine rings is 1. The number of carbonyl (C=O) groups is 5. The lowest BCUT2D eigenvalue weighted by atomic mass is 9.48. The molecule has 5 aliphatic rings. The molecule has 2 saturated carbocycles. The van der Waals surface area contributed by atoms with Crippen LogP contribution in [0.1, 0.15) is 68.9 Å². The first-order valence-electron chi connectivity index (χ1n) is 15.6. The van der Waals surface area contributed by atoms with E-state index >= 15 is 0 Å². The minimum absolute atomic E-state index is 0.0508. The van der Waals surface area contributed by atoms with E-state index in [1.165, 1.54) is 0 Å². The largest absolute Gasteiger partial charge is 0.481 e. The van der Waals surface area contributed by atoms with Crippen molar-refractivity contribution in [3.63, 3.8) is 0 Å². The summed E-state index contributed by atoms with van der Waals surface area (Å²) in [6.45, 7) is 1.66. The molecule has 3 aliphatic carbocycles. The number of quaternary nitrogens is 1. The number of ether oxygens (including phenoxy) is 1. The summed E-state index contributed by atoms with van der Waals surface area (Å²) in [6.07, 6.45) is 2.09. The van der Waals surface area contributed by atoms with Gasteiger partial charge in [-0.3, -0.25) is 14.4 Å². The second-order valence-corrected chi connectivity index (χ2v) is 13.6. The summed E-state index contributed by atoms with van der Waals surface area (Å²) < 4.78 is 7.12. The smallest absolute Gasteiger partial charge is 0.326 e. The average Bonchev–Trinajstić information content (AvgIpc) is 3.71. The third kappa shape index (κ3) is 5.12. The molecule has 1 spiro atoms. The Bertz CT molecular complexity index is 1450. The van der Waals surface area contributed by atoms with Crippen molar-refractivity contribution in [2.75, 3.05) is 25.5 Å². The van der Waals surface area contributed by atoms with E-state index in [1.807, 2.05) is 0 Å². The molecule has 1 aromatic rings. The Morgan fingerprint density at radius 3 is 2.51 bits per heavy atom. The fraction of sp³-hybridized carbons (Fsp3) is 0.645. The number of hydroxylamine groups is 1. The zero-order valence-electron chi connectivity index (χ0n) is 25.1. The Morgan fingerprint density at radius 2 is 1.87 bits per heavy atom. The van der Waals surface area contributed by atoms with Crippen LogP contribution in [-0.2, 0) is 35.8 Å². The lowest BCUT2D eigenvalue weighted by Crippen LogP contribution is -2.80. The number of likely N-dealkylation sites (tertiary alicyclic amines) is 1. The molecule has 7 atom stereocenters. The maximum absolute atomic E-state index is 13.5. The number of anilines is 1. The van der Waals surface area contributed by atoms with Gasteiger partial charge in [-0.2, -0.15) is 0 Å². The SMILES string of the molecule is C[N@+]1(CC2CC2)CC[C@]23c4c5cc(ON[C@H](C=O)CCC(=O)O)c(N[C@@H](CCC(=O)O)C(=O)O)c4O[C@H]2C(=O)CC[C@@]3(O)[C@H]1C5. The number of hydrogen-bond acceptors (Lipinski definition) is 10. The second kappa shape index (κ2) is 11.2. The van der Waals surface area contributed by atoms with Gasteiger partial charge in [0.1, 0.15) is 29.7 Å². The van der Waals surface area contributed by atoms with Crippen LogP contribution in [0.25, 0.3) is 0 Å². The summed E-state index contributed by atoms with van der Waals surface area (Å²) in [5.41, 5.74) is 1.76. The van der Waals surface area contributed by atoms with E-state index in [0.29, 0.717) is 35.1 Å². The average molecular weight is 631 g/mol. The Morgan fingerprint density at radius 1 is 1.16 bits per heavy atom. The first kappa shape index (κ1) is 31.2. The van der Waals surface area contributed by atoms with Crippen LogP contribution in [0.4, 0.5) is 5.69 Å². The van der Waals surface area contributed by atoms with Gasteiger partial charge in [0.2, 0.25) is 0 Å². The van der Waals surface area contributed by atoms with Crippen LogP contribution >= 0.6 is 0 Å². The summed E-state index contributed by atoms with van der Waals surface area (Å²) in [5.74, 6) is -2.93. The van der Waals surface area contributed by atoms with Crippen molar-refractivity contribution in [1.82, 2.24) is 5.48 Å². The Balaban J connectivity index is 1.47. The molecule has 6 N–H and O–H groups in total. The number of aldehydes is 1. The minimum atomic E-state index is -1.38. The van der Waals surface area contributed by atoms with Crippen molar-refractivity contribution in [1.29, 1.82) is 0 Å². The lowest BCUT2D eigenvalue weighted by molar-refractivity contribution is -0.950. The summed E-state index contributed by atoms with van der Waals surface area (Å²) in [4.78, 5) is 65.8. The Labute approximate surface area is 259 Å². The van der Waals surface area contributed by atoms with Gasteiger partial charge in [-0.05, 0) is 43.7 Å². The van der Waals surface area contributed by atoms with Crippen molar-refractivity contribution in [3.8, 4) is 11.5 Å². The van der Waals surface area contributed by atoms with E-state index in [-0.39, 0.29) is 61.1 Å². The maximum Gasteiger partial charge on any atom is 0.326 e. The molecule has 2 bridgehead atoms. The molecule has 14 nitrogen and oxygen atoms in total. The third-order valence-electron chi connectivity index (χ3n) is 10.8. The van der Waals surface area contributed by atoms with Crippen LogP contribution in [0, 0.1) is 5.92 Å². The first-order chi connectivity index (χ1) is 21.3. The Kier molecular flexibility index (Phi) is 7.81. The van der Waals surface area contributed by atoms with Crippen LogP contribution in [0.15, 0.2) is 6.07 Å². The van der Waals surface area contributed by atoms with E-state index in [4.69, 9.17) is 14.7 Å². The van der Waals surface area contributed by atoms with Gasteiger partial charge in [-0.1, -0.05) is 0 Å². The lowest BCUT2D eigenvalue weighted by Gasteiger charge is -2.64. The van der Waals surface area contributed by atoms with E-state index in [9.17, 15) is 39.3 Å². The van der Waals surface area contributed by atoms with Crippen molar-refractivity contribution in [2.24, 2.45) is 5.92 Å². The summed E-state index contributed by atoms with van der Waals surface area (Å²) in [5, 5.41) is 43.9. The van der Waals surface area contributed by atoms with Crippen molar-refractivity contribution in [3.05, 3.63) is 17.2 Å². The van der Waals surface area contributed by atoms with Crippen LogP contribution in [0.3, 0.4) is 0 Å². The first-order valence-corrected chi connectivity index (χ1v) is 15.6. The van der Waals surface area contributed by atoms with Gasteiger partial charge in [0.25, 0.3) is 0 Å². The molecule has 0 radical (unpaired) electrons. The van der Waals surface area contributed by atoms with Gasteiger partial charge < -0.3 is 44.6 Å². The van der Waals surface area contributed by atoms with Gasteiger partial charge in [0, 0.05) is 43.6 Å². The molecule has 0 aromatic heterocycles. The molecule has 2 heterocycles. The molecular weight excluding hydrogens is 590 g/mol. The van der Waals surface area contributed by atoms with Gasteiger partial charge >= 0.3 is 17.9 Å². The highest BCUT2D eigenvalue weighted by atomic mass is 16.6. The number of carbonyl (C=O) groups excluding carboxylic acids is 2. The highest BCUT2D eigenvalue weighted by Crippen LogP contribution is 2.66. The topological polar surface area (TPSA) is 209 Å². The second-order valence-electron chi connectivity index (χ2n) is 13.6. The molecular formula is C31H40N3O11+. The molecule has 45 heavy (non-hydrogen) atoms. The van der Waals surface area contributed by atoms with Crippen molar-refractivity contribution < 1.29 is 58.5 Å². The number of nitrogens with one attached hydrogen (secondary N) is 2. The maximum atomic E-state index is 13.5. The van der Waals surface area contributed by atoms with E-state index in [1.54, 1.807) is 6.07 Å². The number of aliphatic carboxylic acids is 3. The van der Waals surface area contributed by atoms with Crippen LogP contribution < -0.4 is 20.4 Å². The number of ketones is 1. The van der Waals surface area contributed by atoms with E-state index < -0.39 is 53.5 Å². The quantitative estimate of drug-likeness (QED) is 0.0909. The van der Waals surface area contributed by atoms with Crippen LogP contribution in [-0.4, -0.2) is 105 Å². The summed E-state index contributed by atoms with van der Waals surface area (Å²) in [7, 11) is 2.17. The molecule has 1 saturated heterocycles. The normalized spacial score (nSPS) is 32.1. The zero-order valence-corrected chi connectivity index (χ0v) is 25.1. The number of rotatable bonds is 15. The van der Waals surface area contributed by atoms with E-state index in [0.717, 1.165) is 31.5 Å². The number of Topliss-reactive ketones (excluding diaryl/α,β-unsaturated/α-hetero) is 1. The zero-order chi connectivity index (χ0) is 32.3. The fourth-order valence-corrected chi connectivity index (χ4v) is 8.49. The molecule has 2 aliphatic heterocycles. The molecule has 14 heteroatoms. The molecule has 3 fully saturated rings. The Hall–Kier alpha value is -3.75. The van der Waals surface area contributed by atoms with Gasteiger partial charge in [0.05, 0.1) is 31.6 Å². The van der Waals surface area contributed by atoms with Gasteiger partial charge in [0.15, 0.2) is 23.4 Å². The predicted molar refractivity (Wildman–Crippen MR) is 155 cm³/mol. The summed E-state index contributed by atoms with van der Waals surface area (Å²) >= 11 is 0. The molecule has 0 amide bonds. The standard InChI is InChI=1S/C31H39N3O11/c1-34(14-16-2-3-16)11-10-30-25-17-12-21(45-33-18(15-35)4-6-23(37)38)26(32-19(29(41)42)5-7-24(39)40)27(25)44-28(30)20(36)8-9-31(30,43)22(34)13-17/h12,15-16,18-19,22,28,32-33,43H,2-11,13-14H2,1H3,(H2-,37,38,39,40,41,42)/p+1/t18-,19-,22+,28-,30-,31+,34+/m0/s1. The molecule has 6 rings (SSSR count). The molecule has 244 valence electrons. The third-order valence-corrected chi connectivity index (χ3v) is 10.8. The van der Waals surface area contributed by atoms with Crippen molar-refractivity contribution in [2.45, 2.75) is 99.5 Å². The van der Waals surface area contributed by atoms with Gasteiger partial charge in [-0.15, -0.1) is 5.48 Å². The summed E-state index contributed by atoms with van der Waals surface area (Å²) in [6, 6.07) is -0.918. The van der Waals surface area contributed by atoms with Gasteiger partial charge in [-0.25, -0.2) is 4.79 Å². The van der Waals surface area contributed by atoms with E-state index in [2.05, 4.69) is 17.8 Å². The number of likely N-dealkylation sites (N-methyl/N-ethyl adjacent to an activating group) is 1. The number of benzene rings is 1. The fourth-order valence-electron chi connectivity index (χ4n) is 8.49. The monoisotopic (exact) mass is 630 g/mol. The highest BCUT2D eigenvalue weighted by Gasteiger charge is 2.76. The highest BCUT2D eigenvalue weighted by molar-refractivity contribution is 5.92.